The molecule has 1 fully saturated rings. The first-order valence-electron chi connectivity index (χ1n) is 10.3. The SMILES string of the molecule is CN1CC(N)(Cc2c(C(=O)O)c3c(n2C)-c2nc(-c4cccc(F)c4)ncc2CC3)C1. The second-order valence-corrected chi connectivity index (χ2v) is 8.80. The van der Waals surface area contributed by atoms with Gasteiger partial charge in [0.15, 0.2) is 5.82 Å². The smallest absolute Gasteiger partial charge is 0.337 e. The summed E-state index contributed by atoms with van der Waals surface area (Å²) >= 11 is 0. The van der Waals surface area contributed by atoms with Gasteiger partial charge in [0.25, 0.3) is 0 Å². The van der Waals surface area contributed by atoms with Gasteiger partial charge in [0.1, 0.15) is 5.82 Å². The summed E-state index contributed by atoms with van der Waals surface area (Å²) in [6, 6.07) is 6.16. The van der Waals surface area contributed by atoms with Crippen LogP contribution in [-0.2, 0) is 26.3 Å². The van der Waals surface area contributed by atoms with Crippen LogP contribution in [0.25, 0.3) is 22.8 Å². The van der Waals surface area contributed by atoms with Crippen molar-refractivity contribution in [2.24, 2.45) is 12.8 Å². The maximum absolute atomic E-state index is 13.7. The van der Waals surface area contributed by atoms with E-state index < -0.39 is 11.5 Å². The summed E-state index contributed by atoms with van der Waals surface area (Å²) in [5.41, 5.74) is 11.0. The molecule has 0 unspecified atom stereocenters. The Labute approximate surface area is 179 Å². The van der Waals surface area contributed by atoms with Crippen LogP contribution in [-0.4, -0.2) is 56.2 Å². The Bertz CT molecular complexity index is 1210. The molecule has 7 nitrogen and oxygen atoms in total. The molecule has 1 saturated heterocycles. The lowest BCUT2D eigenvalue weighted by atomic mass is 9.85. The van der Waals surface area contributed by atoms with Crippen molar-refractivity contribution in [3.8, 4) is 22.8 Å². The first kappa shape index (κ1) is 19.8. The number of hydrogen-bond donors (Lipinski definition) is 2. The number of aromatic nitrogens is 3. The summed E-state index contributed by atoms with van der Waals surface area (Å²) in [7, 11) is 3.88. The Kier molecular flexibility index (Phi) is 4.46. The predicted molar refractivity (Wildman–Crippen MR) is 114 cm³/mol. The fourth-order valence-electron chi connectivity index (χ4n) is 5.10. The number of rotatable bonds is 4. The van der Waals surface area contributed by atoms with Crippen LogP contribution in [0.4, 0.5) is 4.39 Å². The van der Waals surface area contributed by atoms with Gasteiger partial charge in [-0.2, -0.15) is 0 Å². The highest BCUT2D eigenvalue weighted by molar-refractivity contribution is 5.94. The highest BCUT2D eigenvalue weighted by atomic mass is 19.1. The maximum atomic E-state index is 13.7. The number of aryl methyl sites for hydroxylation is 1. The van der Waals surface area contributed by atoms with Crippen molar-refractivity contribution in [2.75, 3.05) is 20.1 Å². The molecular formula is C23H24FN5O2. The lowest BCUT2D eigenvalue weighted by Crippen LogP contribution is -2.67. The van der Waals surface area contributed by atoms with Crippen molar-refractivity contribution in [1.29, 1.82) is 0 Å². The number of carboxylic acid groups (broad SMARTS) is 1. The monoisotopic (exact) mass is 421 g/mol. The van der Waals surface area contributed by atoms with Crippen LogP contribution in [0.3, 0.4) is 0 Å². The fourth-order valence-corrected chi connectivity index (χ4v) is 5.10. The van der Waals surface area contributed by atoms with E-state index in [1.807, 2.05) is 18.7 Å². The van der Waals surface area contributed by atoms with E-state index in [9.17, 15) is 14.3 Å². The van der Waals surface area contributed by atoms with E-state index in [4.69, 9.17) is 10.7 Å². The molecule has 1 aromatic carbocycles. The van der Waals surface area contributed by atoms with Gasteiger partial charge in [-0.05, 0) is 43.1 Å². The van der Waals surface area contributed by atoms with Crippen LogP contribution in [0, 0.1) is 5.82 Å². The molecule has 0 saturated carbocycles. The first-order valence-corrected chi connectivity index (χ1v) is 10.3. The van der Waals surface area contributed by atoms with Crippen molar-refractivity contribution < 1.29 is 14.3 Å². The predicted octanol–water partition coefficient (Wildman–Crippen LogP) is 2.27. The number of benzene rings is 1. The molecule has 0 amide bonds. The fraction of sp³-hybridized carbons (Fsp3) is 0.348. The Morgan fingerprint density at radius 1 is 1.29 bits per heavy atom. The molecule has 3 N–H and O–H groups in total. The number of aromatic carboxylic acids is 1. The van der Waals surface area contributed by atoms with Crippen molar-refractivity contribution >= 4 is 5.97 Å². The summed E-state index contributed by atoms with van der Waals surface area (Å²) in [6.07, 6.45) is 3.52. The number of carbonyl (C=O) groups is 1. The zero-order valence-corrected chi connectivity index (χ0v) is 17.5. The molecule has 2 aromatic heterocycles. The molecule has 3 heterocycles. The van der Waals surface area contributed by atoms with Crippen molar-refractivity contribution in [3.63, 3.8) is 0 Å². The average Bonchev–Trinajstić information content (AvgIpc) is 2.98. The zero-order chi connectivity index (χ0) is 21.9. The summed E-state index contributed by atoms with van der Waals surface area (Å²) in [4.78, 5) is 23.6. The molecule has 31 heavy (non-hydrogen) atoms. The third-order valence-corrected chi connectivity index (χ3v) is 6.34. The third-order valence-electron chi connectivity index (χ3n) is 6.34. The number of likely N-dealkylation sites (tertiary alicyclic amines) is 1. The van der Waals surface area contributed by atoms with Crippen molar-refractivity contribution in [1.82, 2.24) is 19.4 Å². The number of halogens is 1. The Balaban J connectivity index is 1.65. The Morgan fingerprint density at radius 2 is 2.06 bits per heavy atom. The van der Waals surface area contributed by atoms with Gasteiger partial charge in [-0.1, -0.05) is 12.1 Å². The van der Waals surface area contributed by atoms with E-state index in [0.717, 1.165) is 35.6 Å². The summed E-state index contributed by atoms with van der Waals surface area (Å²) in [5, 5.41) is 10.0. The average molecular weight is 421 g/mol. The molecule has 160 valence electrons. The Hall–Kier alpha value is -3.10. The lowest BCUT2D eigenvalue weighted by molar-refractivity contribution is 0.0690. The van der Waals surface area contributed by atoms with E-state index in [0.29, 0.717) is 41.9 Å². The number of likely N-dealkylation sites (N-methyl/N-ethyl adjacent to an activating group) is 1. The number of nitrogens with zero attached hydrogens (tertiary/aromatic N) is 4. The highest BCUT2D eigenvalue weighted by Gasteiger charge is 2.41. The number of hydrogen-bond acceptors (Lipinski definition) is 5. The van der Waals surface area contributed by atoms with E-state index in [2.05, 4.69) is 9.88 Å². The van der Waals surface area contributed by atoms with Gasteiger partial charge in [-0.15, -0.1) is 0 Å². The quantitative estimate of drug-likeness (QED) is 0.671. The molecule has 0 radical (unpaired) electrons. The second-order valence-electron chi connectivity index (χ2n) is 8.80. The standard InChI is InChI=1S/C23H24FN5O2/c1-28-11-23(25,12-28)9-17-18(22(30)31)16-7-6-14-10-26-21(13-4-3-5-15(24)8-13)27-19(14)20(16)29(17)2/h3-5,8,10H,6-7,9,11-12,25H2,1-2H3,(H,30,31). The van der Waals surface area contributed by atoms with Gasteiger partial charge in [0.2, 0.25) is 0 Å². The van der Waals surface area contributed by atoms with Crippen LogP contribution >= 0.6 is 0 Å². The molecule has 5 rings (SSSR count). The molecule has 0 spiro atoms. The van der Waals surface area contributed by atoms with Gasteiger partial charge in [-0.25, -0.2) is 19.2 Å². The topological polar surface area (TPSA) is 97.3 Å². The van der Waals surface area contributed by atoms with Gasteiger partial charge in [0, 0.05) is 49.6 Å². The van der Waals surface area contributed by atoms with E-state index in [-0.39, 0.29) is 5.82 Å². The van der Waals surface area contributed by atoms with Crippen LogP contribution in [0.5, 0.6) is 0 Å². The van der Waals surface area contributed by atoms with E-state index in [1.54, 1.807) is 18.3 Å². The van der Waals surface area contributed by atoms with Crippen LogP contribution in [0.1, 0.15) is 27.2 Å². The first-order chi connectivity index (χ1) is 14.8. The van der Waals surface area contributed by atoms with E-state index >= 15 is 0 Å². The molecule has 1 aliphatic heterocycles. The minimum absolute atomic E-state index is 0.341. The lowest BCUT2D eigenvalue weighted by Gasteiger charge is -2.46. The third kappa shape index (κ3) is 3.23. The van der Waals surface area contributed by atoms with Gasteiger partial charge < -0.3 is 20.3 Å². The molecular weight excluding hydrogens is 397 g/mol. The van der Waals surface area contributed by atoms with Gasteiger partial charge in [-0.3, -0.25) is 0 Å². The summed E-state index contributed by atoms with van der Waals surface area (Å²) in [6.45, 7) is 1.45. The van der Waals surface area contributed by atoms with Crippen LogP contribution in [0.15, 0.2) is 30.5 Å². The number of fused-ring (bicyclic) bond motifs is 3. The highest BCUT2D eigenvalue weighted by Crippen LogP contribution is 2.39. The van der Waals surface area contributed by atoms with Gasteiger partial charge >= 0.3 is 5.97 Å². The van der Waals surface area contributed by atoms with Gasteiger partial charge in [0.05, 0.1) is 17.0 Å². The Morgan fingerprint density at radius 3 is 2.74 bits per heavy atom. The largest absolute Gasteiger partial charge is 0.478 e. The van der Waals surface area contributed by atoms with Crippen molar-refractivity contribution in [3.05, 3.63) is 58.7 Å². The maximum Gasteiger partial charge on any atom is 0.337 e. The summed E-state index contributed by atoms with van der Waals surface area (Å²) in [5.74, 6) is -0.875. The molecule has 2 aliphatic rings. The molecule has 8 heteroatoms. The minimum Gasteiger partial charge on any atom is -0.478 e. The van der Waals surface area contributed by atoms with Crippen LogP contribution in [0.2, 0.25) is 0 Å². The molecule has 1 aliphatic carbocycles. The summed E-state index contributed by atoms with van der Waals surface area (Å²) < 4.78 is 15.7. The normalized spacial score (nSPS) is 17.0. The minimum atomic E-state index is -0.939. The molecule has 3 aromatic rings. The zero-order valence-electron chi connectivity index (χ0n) is 17.5. The number of carboxylic acids is 1. The molecule has 0 bridgehead atoms. The van der Waals surface area contributed by atoms with Crippen molar-refractivity contribution in [2.45, 2.75) is 24.8 Å². The second kappa shape index (κ2) is 6.96. The van der Waals surface area contributed by atoms with E-state index in [1.165, 1.54) is 12.1 Å². The van der Waals surface area contributed by atoms with Crippen LogP contribution < -0.4 is 5.73 Å². The number of nitrogens with two attached hydrogens (primary N) is 1. The molecule has 0 atom stereocenters.